The Bertz CT molecular complexity index is 1700. The molecule has 5 aromatic rings. The van der Waals surface area contributed by atoms with Gasteiger partial charge in [0.25, 0.3) is 11.5 Å². The molecule has 0 atom stereocenters. The average Bonchev–Trinajstić information content (AvgIpc) is 3.33. The van der Waals surface area contributed by atoms with Crippen LogP contribution in [0.3, 0.4) is 0 Å². The highest BCUT2D eigenvalue weighted by atomic mass is 16.5. The minimum atomic E-state index is -0.315. The maximum atomic E-state index is 13.2. The number of hydrogen-bond acceptors (Lipinski definition) is 5. The van der Waals surface area contributed by atoms with Crippen LogP contribution < -0.4 is 20.3 Å². The molecule has 0 saturated heterocycles. The number of amides is 1. The average molecular weight is 511 g/mol. The van der Waals surface area contributed by atoms with Gasteiger partial charge in [0.1, 0.15) is 5.52 Å². The number of benzene rings is 3. The van der Waals surface area contributed by atoms with E-state index in [-0.39, 0.29) is 23.1 Å². The summed E-state index contributed by atoms with van der Waals surface area (Å²) in [5, 5.41) is 9.71. The molecule has 0 unspecified atom stereocenters. The summed E-state index contributed by atoms with van der Waals surface area (Å²) in [6, 6.07) is 19.7. The van der Waals surface area contributed by atoms with Crippen LogP contribution in [-0.2, 0) is 6.42 Å². The molecular weight excluding hydrogens is 480 g/mol. The second kappa shape index (κ2) is 10.4. The molecule has 0 bridgehead atoms. The summed E-state index contributed by atoms with van der Waals surface area (Å²) in [5.74, 6) is 0.899. The van der Waals surface area contributed by atoms with E-state index in [1.165, 1.54) is 4.52 Å². The molecule has 5 rings (SSSR count). The topological polar surface area (TPSA) is 97.7 Å². The van der Waals surface area contributed by atoms with E-state index < -0.39 is 0 Å². The quantitative estimate of drug-likeness (QED) is 0.308. The van der Waals surface area contributed by atoms with Crippen LogP contribution in [0.5, 0.6) is 11.5 Å². The Morgan fingerprint density at radius 3 is 2.50 bits per heavy atom. The Hall–Kier alpha value is -4.59. The zero-order chi connectivity index (χ0) is 26.8. The van der Waals surface area contributed by atoms with Crippen LogP contribution in [0, 0.1) is 0 Å². The van der Waals surface area contributed by atoms with E-state index in [1.807, 2.05) is 74.5 Å². The van der Waals surface area contributed by atoms with Crippen molar-refractivity contribution in [3.05, 3.63) is 94.0 Å². The summed E-state index contributed by atoms with van der Waals surface area (Å²) >= 11 is 0. The first-order valence-electron chi connectivity index (χ1n) is 12.5. The molecule has 0 aliphatic rings. The second-order valence-corrected chi connectivity index (χ2v) is 9.46. The largest absolute Gasteiger partial charge is 0.493 e. The first-order chi connectivity index (χ1) is 18.4. The van der Waals surface area contributed by atoms with Crippen LogP contribution in [0.1, 0.15) is 41.4 Å². The molecule has 0 spiro atoms. The van der Waals surface area contributed by atoms with E-state index in [9.17, 15) is 9.59 Å². The predicted molar refractivity (Wildman–Crippen MR) is 148 cm³/mol. The van der Waals surface area contributed by atoms with E-state index in [0.29, 0.717) is 41.2 Å². The van der Waals surface area contributed by atoms with Gasteiger partial charge in [-0.15, -0.1) is 0 Å². The lowest BCUT2D eigenvalue weighted by atomic mass is 10.0. The van der Waals surface area contributed by atoms with E-state index in [0.717, 1.165) is 21.9 Å². The molecule has 2 heterocycles. The molecule has 1 amide bonds. The van der Waals surface area contributed by atoms with Gasteiger partial charge in [-0.2, -0.15) is 5.10 Å². The Balaban J connectivity index is 1.43. The van der Waals surface area contributed by atoms with Crippen molar-refractivity contribution in [2.24, 2.45) is 0 Å². The van der Waals surface area contributed by atoms with Crippen molar-refractivity contribution < 1.29 is 14.3 Å². The van der Waals surface area contributed by atoms with Crippen molar-refractivity contribution in [2.45, 2.75) is 26.2 Å². The number of rotatable bonds is 8. The summed E-state index contributed by atoms with van der Waals surface area (Å²) in [7, 11) is 3.18. The Morgan fingerprint density at radius 1 is 1.00 bits per heavy atom. The Morgan fingerprint density at radius 2 is 1.76 bits per heavy atom. The molecule has 8 nitrogen and oxygen atoms in total. The molecular formula is C30H30N4O4. The van der Waals surface area contributed by atoms with Gasteiger partial charge < -0.3 is 19.8 Å². The third-order valence-electron chi connectivity index (χ3n) is 6.66. The lowest BCUT2D eigenvalue weighted by Gasteiger charge is -2.10. The Kier molecular flexibility index (Phi) is 6.87. The monoisotopic (exact) mass is 510 g/mol. The number of nitrogens with one attached hydrogen (secondary N) is 2. The number of carbonyl (C=O) groups excluding carboxylic acids is 1. The molecule has 0 radical (unpaired) electrons. The van der Waals surface area contributed by atoms with Crippen molar-refractivity contribution in [1.29, 1.82) is 0 Å². The highest BCUT2D eigenvalue weighted by molar-refractivity contribution is 5.96. The summed E-state index contributed by atoms with van der Waals surface area (Å²) in [6.07, 6.45) is 2.37. The van der Waals surface area contributed by atoms with Gasteiger partial charge in [-0.05, 0) is 46.9 Å². The Labute approximate surface area is 220 Å². The van der Waals surface area contributed by atoms with Gasteiger partial charge in [0, 0.05) is 17.7 Å². The van der Waals surface area contributed by atoms with Gasteiger partial charge in [-0.3, -0.25) is 9.59 Å². The number of methoxy groups -OCH3 is 2. The fraction of sp³-hybridized carbons (Fsp3) is 0.233. The molecule has 0 saturated carbocycles. The number of fused-ring (bicyclic) bond motifs is 2. The van der Waals surface area contributed by atoms with E-state index in [4.69, 9.17) is 9.47 Å². The molecule has 2 aromatic heterocycles. The molecule has 3 aromatic carbocycles. The molecule has 194 valence electrons. The standard InChI is InChI=1S/C30H30N4O4/c1-18(2)26-27(29(35)31-14-13-19-9-12-24(37-3)25(15-19)38-4)33-34-17-23(32-30(36)28(26)34)22-11-10-20-7-5-6-8-21(20)16-22/h5-12,15-18H,13-14H2,1-4H3,(H,31,35)(H,32,36). The van der Waals surface area contributed by atoms with Gasteiger partial charge in [0.2, 0.25) is 0 Å². The fourth-order valence-corrected chi connectivity index (χ4v) is 4.76. The van der Waals surface area contributed by atoms with Crippen LogP contribution >= 0.6 is 0 Å². The van der Waals surface area contributed by atoms with Gasteiger partial charge >= 0.3 is 0 Å². The smallest absolute Gasteiger partial charge is 0.274 e. The molecule has 8 heteroatoms. The lowest BCUT2D eigenvalue weighted by Crippen LogP contribution is -2.27. The SMILES string of the molecule is COc1ccc(CCNC(=O)c2nn3cc(-c4ccc5ccccc5c4)[nH]c(=O)c3c2C(C)C)cc1OC. The van der Waals surface area contributed by atoms with Crippen molar-refractivity contribution in [3.8, 4) is 22.8 Å². The molecule has 0 aliphatic carbocycles. The molecule has 38 heavy (non-hydrogen) atoms. The van der Waals surface area contributed by atoms with E-state index in [1.54, 1.807) is 20.4 Å². The molecule has 0 aliphatic heterocycles. The number of hydrogen-bond donors (Lipinski definition) is 2. The lowest BCUT2D eigenvalue weighted by molar-refractivity contribution is 0.0947. The van der Waals surface area contributed by atoms with Crippen molar-refractivity contribution >= 4 is 22.2 Å². The van der Waals surface area contributed by atoms with Crippen LogP contribution in [0.4, 0.5) is 0 Å². The minimum absolute atomic E-state index is 0.0771. The highest BCUT2D eigenvalue weighted by Crippen LogP contribution is 2.28. The predicted octanol–water partition coefficient (Wildman–Crippen LogP) is 4.96. The number of H-pyrrole nitrogens is 1. The van der Waals surface area contributed by atoms with Crippen LogP contribution in [-0.4, -0.2) is 41.3 Å². The number of aromatic nitrogens is 3. The second-order valence-electron chi connectivity index (χ2n) is 9.46. The number of aromatic amines is 1. The zero-order valence-corrected chi connectivity index (χ0v) is 21.9. The molecule has 2 N–H and O–H groups in total. The summed E-state index contributed by atoms with van der Waals surface area (Å²) < 4.78 is 12.2. The van der Waals surface area contributed by atoms with Crippen molar-refractivity contribution in [1.82, 2.24) is 19.9 Å². The van der Waals surface area contributed by atoms with Crippen LogP contribution in [0.2, 0.25) is 0 Å². The maximum absolute atomic E-state index is 13.2. The maximum Gasteiger partial charge on any atom is 0.274 e. The normalized spacial score (nSPS) is 11.3. The van der Waals surface area contributed by atoms with Crippen molar-refractivity contribution in [3.63, 3.8) is 0 Å². The van der Waals surface area contributed by atoms with Crippen LogP contribution in [0.25, 0.3) is 27.5 Å². The fourth-order valence-electron chi connectivity index (χ4n) is 4.76. The van der Waals surface area contributed by atoms with Gasteiger partial charge in [0.05, 0.1) is 26.1 Å². The third-order valence-corrected chi connectivity index (χ3v) is 6.66. The van der Waals surface area contributed by atoms with Crippen molar-refractivity contribution in [2.75, 3.05) is 20.8 Å². The van der Waals surface area contributed by atoms with Gasteiger partial charge in [-0.25, -0.2) is 4.52 Å². The number of carbonyl (C=O) groups is 1. The van der Waals surface area contributed by atoms with Crippen LogP contribution in [0.15, 0.2) is 71.7 Å². The van der Waals surface area contributed by atoms with Gasteiger partial charge in [-0.1, -0.05) is 56.3 Å². The van der Waals surface area contributed by atoms with E-state index in [2.05, 4.69) is 15.4 Å². The molecule has 0 fully saturated rings. The number of ether oxygens (including phenoxy) is 2. The zero-order valence-electron chi connectivity index (χ0n) is 21.9. The number of nitrogens with zero attached hydrogens (tertiary/aromatic N) is 2. The first kappa shape index (κ1) is 25.1. The third kappa shape index (κ3) is 4.72. The summed E-state index contributed by atoms with van der Waals surface area (Å²) in [6.45, 7) is 4.31. The minimum Gasteiger partial charge on any atom is -0.493 e. The van der Waals surface area contributed by atoms with Gasteiger partial charge in [0.15, 0.2) is 17.2 Å². The summed E-state index contributed by atoms with van der Waals surface area (Å²) in [5.41, 5.74) is 3.48. The first-order valence-corrected chi connectivity index (χ1v) is 12.5. The highest BCUT2D eigenvalue weighted by Gasteiger charge is 2.24. The van der Waals surface area contributed by atoms with E-state index >= 15 is 0 Å². The summed E-state index contributed by atoms with van der Waals surface area (Å²) in [4.78, 5) is 29.5.